The highest BCUT2D eigenvalue weighted by Gasteiger charge is 2.22. The molecular weight excluding hydrogens is 344 g/mol. The minimum Gasteiger partial charge on any atom is -0.442 e. The molecule has 3 heterocycles. The summed E-state index contributed by atoms with van der Waals surface area (Å²) in [5.41, 5.74) is 1.35. The number of benzene rings is 1. The first-order valence-corrected chi connectivity index (χ1v) is 8.83. The van der Waals surface area contributed by atoms with Crippen LogP contribution in [0.15, 0.2) is 52.1 Å². The molecule has 0 atom stereocenters. The summed E-state index contributed by atoms with van der Waals surface area (Å²) in [6, 6.07) is 10.3. The van der Waals surface area contributed by atoms with E-state index < -0.39 is 0 Å². The van der Waals surface area contributed by atoms with Crippen molar-refractivity contribution in [3.05, 3.63) is 64.5 Å². The van der Waals surface area contributed by atoms with Gasteiger partial charge in [-0.25, -0.2) is 4.98 Å². The molecule has 7 nitrogen and oxygen atoms in total. The number of amides is 1. The number of carbonyl (C=O) groups is 1. The van der Waals surface area contributed by atoms with Crippen LogP contribution in [-0.4, -0.2) is 26.6 Å². The van der Waals surface area contributed by atoms with E-state index in [1.165, 1.54) is 21.8 Å². The largest absolute Gasteiger partial charge is 0.442 e. The van der Waals surface area contributed by atoms with E-state index in [0.29, 0.717) is 12.3 Å². The molecule has 138 valence electrons. The number of rotatable bonds is 5. The van der Waals surface area contributed by atoms with Crippen LogP contribution in [0.4, 0.5) is 0 Å². The van der Waals surface area contributed by atoms with Crippen LogP contribution in [0.3, 0.4) is 0 Å². The summed E-state index contributed by atoms with van der Waals surface area (Å²) in [5.74, 6) is 0.0865. The van der Waals surface area contributed by atoms with Crippen LogP contribution in [-0.2, 0) is 13.6 Å². The van der Waals surface area contributed by atoms with E-state index in [2.05, 4.69) is 39.3 Å². The lowest BCUT2D eigenvalue weighted by Gasteiger charge is -2.07. The van der Waals surface area contributed by atoms with Crippen LogP contribution in [0.5, 0.6) is 0 Å². The first kappa shape index (κ1) is 17.1. The second-order valence-electron chi connectivity index (χ2n) is 6.55. The smallest absolute Gasteiger partial charge is 0.265 e. The van der Waals surface area contributed by atoms with Gasteiger partial charge in [-0.3, -0.25) is 9.59 Å². The molecule has 0 unspecified atom stereocenters. The minimum atomic E-state index is -0.311. The molecular formula is C20H20N4O3. The van der Waals surface area contributed by atoms with E-state index >= 15 is 0 Å². The van der Waals surface area contributed by atoms with Crippen molar-refractivity contribution < 1.29 is 9.21 Å². The van der Waals surface area contributed by atoms with Gasteiger partial charge in [0.1, 0.15) is 17.5 Å². The second-order valence-corrected chi connectivity index (χ2v) is 6.55. The summed E-state index contributed by atoms with van der Waals surface area (Å²) >= 11 is 0. The number of fused-ring (bicyclic) bond motifs is 2. The number of para-hydroxylation sites is 1. The number of nitrogens with zero attached hydrogens (tertiary/aromatic N) is 3. The van der Waals surface area contributed by atoms with Crippen LogP contribution in [0, 0.1) is 6.92 Å². The predicted molar refractivity (Wildman–Crippen MR) is 103 cm³/mol. The Morgan fingerprint density at radius 1 is 1.26 bits per heavy atom. The fourth-order valence-electron chi connectivity index (χ4n) is 3.34. The van der Waals surface area contributed by atoms with Crippen LogP contribution in [0.1, 0.15) is 22.5 Å². The SMILES string of the molecule is Cc1oc2ncn(C)c(=O)c2c1C(=O)NCCCn1ccc2ccccc21. The van der Waals surface area contributed by atoms with Gasteiger partial charge in [-0.05, 0) is 30.9 Å². The van der Waals surface area contributed by atoms with Crippen molar-refractivity contribution in [1.29, 1.82) is 0 Å². The first-order chi connectivity index (χ1) is 13.1. The van der Waals surface area contributed by atoms with Gasteiger partial charge in [0.25, 0.3) is 11.5 Å². The van der Waals surface area contributed by atoms with E-state index in [9.17, 15) is 9.59 Å². The Bertz CT molecular complexity index is 1200. The van der Waals surface area contributed by atoms with E-state index in [0.717, 1.165) is 13.0 Å². The van der Waals surface area contributed by atoms with Gasteiger partial charge in [0.15, 0.2) is 0 Å². The zero-order valence-electron chi connectivity index (χ0n) is 15.2. The van der Waals surface area contributed by atoms with Gasteiger partial charge >= 0.3 is 0 Å². The number of aromatic nitrogens is 3. The Labute approximate surface area is 155 Å². The number of aryl methyl sites for hydroxylation is 3. The van der Waals surface area contributed by atoms with Crippen molar-refractivity contribution >= 4 is 27.9 Å². The molecule has 7 heteroatoms. The minimum absolute atomic E-state index is 0.194. The highest BCUT2D eigenvalue weighted by molar-refractivity contribution is 6.06. The summed E-state index contributed by atoms with van der Waals surface area (Å²) in [6.07, 6.45) is 4.21. The fraction of sp³-hybridized carbons (Fsp3) is 0.250. The Morgan fingerprint density at radius 3 is 2.93 bits per heavy atom. The van der Waals surface area contributed by atoms with Crippen LogP contribution < -0.4 is 10.9 Å². The van der Waals surface area contributed by atoms with Gasteiger partial charge in [-0.2, -0.15) is 0 Å². The molecule has 4 rings (SSSR count). The summed E-state index contributed by atoms with van der Waals surface area (Å²) in [4.78, 5) is 29.1. The zero-order valence-corrected chi connectivity index (χ0v) is 15.2. The molecule has 0 spiro atoms. The fourth-order valence-corrected chi connectivity index (χ4v) is 3.34. The number of hydrogen-bond donors (Lipinski definition) is 1. The highest BCUT2D eigenvalue weighted by Crippen LogP contribution is 2.20. The molecule has 4 aromatic rings. The average molecular weight is 364 g/mol. The Hall–Kier alpha value is -3.35. The summed E-state index contributed by atoms with van der Waals surface area (Å²) in [6.45, 7) is 2.96. The maximum absolute atomic E-state index is 12.6. The molecule has 1 aromatic carbocycles. The normalized spacial score (nSPS) is 11.3. The van der Waals surface area contributed by atoms with Gasteiger partial charge in [0.2, 0.25) is 5.71 Å². The van der Waals surface area contributed by atoms with Crippen LogP contribution in [0.2, 0.25) is 0 Å². The monoisotopic (exact) mass is 364 g/mol. The third-order valence-corrected chi connectivity index (χ3v) is 4.72. The predicted octanol–water partition coefficient (Wildman–Crippen LogP) is 2.61. The average Bonchev–Trinajstić information content (AvgIpc) is 3.23. The van der Waals surface area contributed by atoms with E-state index in [4.69, 9.17) is 4.42 Å². The lowest BCUT2D eigenvalue weighted by Crippen LogP contribution is -2.27. The molecule has 27 heavy (non-hydrogen) atoms. The molecule has 0 saturated heterocycles. The second kappa shape index (κ2) is 6.75. The topological polar surface area (TPSA) is 82.1 Å². The Balaban J connectivity index is 1.46. The number of hydrogen-bond acceptors (Lipinski definition) is 4. The quantitative estimate of drug-likeness (QED) is 0.552. The van der Waals surface area contributed by atoms with E-state index in [1.54, 1.807) is 14.0 Å². The number of nitrogens with one attached hydrogen (secondary N) is 1. The maximum Gasteiger partial charge on any atom is 0.265 e. The summed E-state index contributed by atoms with van der Waals surface area (Å²) in [7, 11) is 1.60. The summed E-state index contributed by atoms with van der Waals surface area (Å²) < 4.78 is 8.98. The van der Waals surface area contributed by atoms with Crippen molar-refractivity contribution in [2.75, 3.05) is 6.54 Å². The molecule has 0 fully saturated rings. The van der Waals surface area contributed by atoms with Crippen molar-refractivity contribution in [2.24, 2.45) is 7.05 Å². The van der Waals surface area contributed by atoms with Crippen molar-refractivity contribution in [3.63, 3.8) is 0 Å². The molecule has 0 aliphatic carbocycles. The first-order valence-electron chi connectivity index (χ1n) is 8.83. The maximum atomic E-state index is 12.6. The molecule has 0 aliphatic rings. The molecule has 1 amide bonds. The molecule has 0 radical (unpaired) electrons. The summed E-state index contributed by atoms with van der Waals surface area (Å²) in [5, 5.41) is 4.31. The highest BCUT2D eigenvalue weighted by atomic mass is 16.3. The van der Waals surface area contributed by atoms with Gasteiger partial charge in [-0.1, -0.05) is 18.2 Å². The van der Waals surface area contributed by atoms with Crippen molar-refractivity contribution in [1.82, 2.24) is 19.4 Å². The third kappa shape index (κ3) is 3.01. The molecule has 0 bridgehead atoms. The van der Waals surface area contributed by atoms with Gasteiger partial charge in [0.05, 0.1) is 5.56 Å². The zero-order chi connectivity index (χ0) is 19.0. The lowest BCUT2D eigenvalue weighted by molar-refractivity contribution is 0.0952. The van der Waals surface area contributed by atoms with Crippen molar-refractivity contribution in [2.45, 2.75) is 19.9 Å². The Kier molecular flexibility index (Phi) is 4.27. The molecule has 1 N–H and O–H groups in total. The standard InChI is InChI=1S/C20H20N4O3/c1-13-16(17-19(27-13)22-12-23(2)20(17)26)18(25)21-9-5-10-24-11-8-14-6-3-4-7-15(14)24/h3-4,6-8,11-12H,5,9-10H2,1-2H3,(H,21,25). The van der Waals surface area contributed by atoms with E-state index in [-0.39, 0.29) is 28.1 Å². The number of carbonyl (C=O) groups excluding carboxylic acids is 1. The molecule has 3 aromatic heterocycles. The van der Waals surface area contributed by atoms with Crippen molar-refractivity contribution in [3.8, 4) is 0 Å². The third-order valence-electron chi connectivity index (χ3n) is 4.72. The molecule has 0 aliphatic heterocycles. The molecule has 0 saturated carbocycles. The number of furan rings is 1. The van der Waals surface area contributed by atoms with Crippen LogP contribution in [0.25, 0.3) is 22.0 Å². The van der Waals surface area contributed by atoms with Crippen LogP contribution >= 0.6 is 0 Å². The van der Waals surface area contributed by atoms with Gasteiger partial charge < -0.3 is 18.9 Å². The van der Waals surface area contributed by atoms with Gasteiger partial charge in [0, 0.05) is 31.9 Å². The van der Waals surface area contributed by atoms with E-state index in [1.807, 2.05) is 12.1 Å². The Morgan fingerprint density at radius 2 is 2.07 bits per heavy atom. The lowest BCUT2D eigenvalue weighted by atomic mass is 10.1. The van der Waals surface area contributed by atoms with Gasteiger partial charge in [-0.15, -0.1) is 0 Å².